The van der Waals surface area contributed by atoms with E-state index in [1.807, 2.05) is 48.5 Å². The molecule has 0 aliphatic rings. The highest BCUT2D eigenvalue weighted by atomic mass is 35.5. The third-order valence-corrected chi connectivity index (χ3v) is 4.09. The fourth-order valence-electron chi connectivity index (χ4n) is 2.51. The maximum Gasteiger partial charge on any atom is 0.325 e. The molecule has 24 heavy (non-hydrogen) atoms. The normalized spacial score (nSPS) is 11.6. The van der Waals surface area contributed by atoms with E-state index >= 15 is 0 Å². The number of nitrogens with zero attached hydrogens (tertiary/aromatic N) is 1. The quantitative estimate of drug-likeness (QED) is 0.753. The molecule has 2 aromatic rings. The van der Waals surface area contributed by atoms with E-state index in [1.54, 1.807) is 13.1 Å². The molecule has 0 saturated carbocycles. The van der Waals surface area contributed by atoms with E-state index in [2.05, 4.69) is 4.74 Å². The third-order valence-electron chi connectivity index (χ3n) is 3.85. The summed E-state index contributed by atoms with van der Waals surface area (Å²) in [5, 5.41) is 0.629. The Hall–Kier alpha value is -2.33. The molecule has 126 valence electrons. The van der Waals surface area contributed by atoms with Crippen LogP contribution < -0.4 is 0 Å². The van der Waals surface area contributed by atoms with Gasteiger partial charge in [-0.25, -0.2) is 0 Å². The van der Waals surface area contributed by atoms with E-state index in [0.29, 0.717) is 5.02 Å². The summed E-state index contributed by atoms with van der Waals surface area (Å²) >= 11 is 6.11. The Labute approximate surface area is 147 Å². The minimum atomic E-state index is -0.440. The molecule has 5 heteroatoms. The number of methoxy groups -OCH3 is 1. The third kappa shape index (κ3) is 4.83. The van der Waals surface area contributed by atoms with Gasteiger partial charge in [0, 0.05) is 24.4 Å². The Morgan fingerprint density at radius 3 is 2.38 bits per heavy atom. The van der Waals surface area contributed by atoms with Gasteiger partial charge in [0.1, 0.15) is 6.54 Å². The van der Waals surface area contributed by atoms with Crippen LogP contribution in [0.5, 0.6) is 0 Å². The van der Waals surface area contributed by atoms with Crippen molar-refractivity contribution in [2.45, 2.75) is 12.3 Å². The van der Waals surface area contributed by atoms with Gasteiger partial charge in [-0.2, -0.15) is 0 Å². The first kappa shape index (κ1) is 18.0. The van der Waals surface area contributed by atoms with Crippen molar-refractivity contribution in [3.63, 3.8) is 0 Å². The van der Waals surface area contributed by atoms with Crippen LogP contribution in [0.3, 0.4) is 0 Å². The van der Waals surface area contributed by atoms with Crippen LogP contribution in [0.4, 0.5) is 0 Å². The van der Waals surface area contributed by atoms with Crippen molar-refractivity contribution >= 4 is 23.5 Å². The predicted octanol–water partition coefficient (Wildman–Crippen LogP) is 3.49. The average molecular weight is 346 g/mol. The lowest BCUT2D eigenvalue weighted by Gasteiger charge is -2.22. The molecule has 0 saturated heterocycles. The van der Waals surface area contributed by atoms with Crippen LogP contribution in [-0.4, -0.2) is 37.5 Å². The van der Waals surface area contributed by atoms with E-state index < -0.39 is 5.97 Å². The Bertz CT molecular complexity index is 703. The lowest BCUT2D eigenvalue weighted by Crippen LogP contribution is -2.33. The summed E-state index contributed by atoms with van der Waals surface area (Å²) in [6, 6.07) is 17.3. The Kier molecular flexibility index (Phi) is 6.38. The molecule has 0 spiro atoms. The van der Waals surface area contributed by atoms with E-state index in [-0.39, 0.29) is 24.8 Å². The average Bonchev–Trinajstić information content (AvgIpc) is 2.59. The number of ether oxygens (including phenoxy) is 1. The lowest BCUT2D eigenvalue weighted by atomic mass is 9.88. The number of rotatable bonds is 6. The molecule has 0 unspecified atom stereocenters. The fraction of sp³-hybridized carbons (Fsp3) is 0.263. The van der Waals surface area contributed by atoms with Gasteiger partial charge in [0.15, 0.2) is 0 Å². The van der Waals surface area contributed by atoms with E-state index in [0.717, 1.165) is 11.1 Å². The number of amides is 1. The summed E-state index contributed by atoms with van der Waals surface area (Å²) in [6.45, 7) is -0.0631. The highest BCUT2D eigenvalue weighted by molar-refractivity contribution is 6.30. The predicted molar refractivity (Wildman–Crippen MR) is 94.0 cm³/mol. The Morgan fingerprint density at radius 2 is 1.75 bits per heavy atom. The molecule has 2 rings (SSSR count). The SMILES string of the molecule is COC(=O)CN(C)C(=O)C[C@H](c1ccccc1)c1cccc(Cl)c1. The molecule has 4 nitrogen and oxygen atoms in total. The van der Waals surface area contributed by atoms with Crippen molar-refractivity contribution in [1.29, 1.82) is 0 Å². The molecule has 0 heterocycles. The van der Waals surface area contributed by atoms with Gasteiger partial charge >= 0.3 is 5.97 Å². The molecule has 0 N–H and O–H groups in total. The van der Waals surface area contributed by atoms with Crippen molar-refractivity contribution in [3.05, 3.63) is 70.7 Å². The molecule has 0 aliphatic carbocycles. The van der Waals surface area contributed by atoms with Gasteiger partial charge < -0.3 is 9.64 Å². The van der Waals surface area contributed by atoms with Gasteiger partial charge in [0.05, 0.1) is 7.11 Å². The van der Waals surface area contributed by atoms with Crippen LogP contribution in [0.1, 0.15) is 23.5 Å². The van der Waals surface area contributed by atoms with Gasteiger partial charge in [-0.3, -0.25) is 9.59 Å². The molecule has 0 aromatic heterocycles. The van der Waals surface area contributed by atoms with Gasteiger partial charge in [0.25, 0.3) is 0 Å². The van der Waals surface area contributed by atoms with Crippen molar-refractivity contribution in [2.75, 3.05) is 20.7 Å². The second-order valence-corrected chi connectivity index (χ2v) is 5.98. The largest absolute Gasteiger partial charge is 0.468 e. The summed E-state index contributed by atoms with van der Waals surface area (Å²) in [4.78, 5) is 25.3. The van der Waals surface area contributed by atoms with Crippen LogP contribution in [0.15, 0.2) is 54.6 Å². The van der Waals surface area contributed by atoms with Gasteiger partial charge in [-0.05, 0) is 23.3 Å². The maximum absolute atomic E-state index is 12.5. The minimum absolute atomic E-state index is 0.0631. The first-order valence-corrected chi connectivity index (χ1v) is 8.00. The molecule has 1 amide bonds. The zero-order valence-corrected chi connectivity index (χ0v) is 14.5. The van der Waals surface area contributed by atoms with Crippen LogP contribution in [0, 0.1) is 0 Å². The molecule has 0 aliphatic heterocycles. The molecule has 0 fully saturated rings. The second-order valence-electron chi connectivity index (χ2n) is 5.55. The molecular formula is C19H20ClNO3. The zero-order chi connectivity index (χ0) is 17.5. The zero-order valence-electron chi connectivity index (χ0n) is 13.7. The van der Waals surface area contributed by atoms with E-state index in [9.17, 15) is 9.59 Å². The van der Waals surface area contributed by atoms with Crippen LogP contribution in [-0.2, 0) is 14.3 Å². The first-order chi connectivity index (χ1) is 11.5. The molecule has 0 radical (unpaired) electrons. The fourth-order valence-corrected chi connectivity index (χ4v) is 2.71. The van der Waals surface area contributed by atoms with Crippen molar-refractivity contribution < 1.29 is 14.3 Å². The number of hydrogen-bond donors (Lipinski definition) is 0. The first-order valence-electron chi connectivity index (χ1n) is 7.62. The molecule has 0 bridgehead atoms. The minimum Gasteiger partial charge on any atom is -0.468 e. The second kappa shape index (κ2) is 8.50. The topological polar surface area (TPSA) is 46.6 Å². The van der Waals surface area contributed by atoms with Crippen LogP contribution in [0.25, 0.3) is 0 Å². The highest BCUT2D eigenvalue weighted by Gasteiger charge is 2.22. The number of likely N-dealkylation sites (N-methyl/N-ethyl adjacent to an activating group) is 1. The van der Waals surface area contributed by atoms with Crippen molar-refractivity contribution in [3.8, 4) is 0 Å². The van der Waals surface area contributed by atoms with Crippen LogP contribution >= 0.6 is 11.6 Å². The number of esters is 1. The summed E-state index contributed by atoms with van der Waals surface area (Å²) in [5.41, 5.74) is 1.99. The summed E-state index contributed by atoms with van der Waals surface area (Å²) < 4.78 is 4.61. The van der Waals surface area contributed by atoms with E-state index in [1.165, 1.54) is 12.0 Å². The van der Waals surface area contributed by atoms with Gasteiger partial charge in [-0.1, -0.05) is 54.1 Å². The lowest BCUT2D eigenvalue weighted by molar-refractivity contribution is -0.146. The number of benzene rings is 2. The monoisotopic (exact) mass is 345 g/mol. The number of halogens is 1. The van der Waals surface area contributed by atoms with E-state index in [4.69, 9.17) is 11.6 Å². The smallest absolute Gasteiger partial charge is 0.325 e. The summed E-state index contributed by atoms with van der Waals surface area (Å²) in [7, 11) is 2.90. The van der Waals surface area contributed by atoms with Gasteiger partial charge in [0.2, 0.25) is 5.91 Å². The number of carbonyl (C=O) groups excluding carboxylic acids is 2. The Balaban J connectivity index is 2.24. The molecular weight excluding hydrogens is 326 g/mol. The van der Waals surface area contributed by atoms with Crippen molar-refractivity contribution in [2.24, 2.45) is 0 Å². The standard InChI is InChI=1S/C19H20ClNO3/c1-21(13-19(23)24-2)18(22)12-17(14-7-4-3-5-8-14)15-9-6-10-16(20)11-15/h3-11,17H,12-13H2,1-2H3/t17-/m1/s1. The maximum atomic E-state index is 12.5. The summed E-state index contributed by atoms with van der Waals surface area (Å²) in [5.74, 6) is -0.698. The Morgan fingerprint density at radius 1 is 1.08 bits per heavy atom. The molecule has 2 aromatic carbocycles. The van der Waals surface area contributed by atoms with Crippen LogP contribution in [0.2, 0.25) is 5.02 Å². The number of hydrogen-bond acceptors (Lipinski definition) is 3. The number of carbonyl (C=O) groups is 2. The van der Waals surface area contributed by atoms with Crippen molar-refractivity contribution in [1.82, 2.24) is 4.90 Å². The van der Waals surface area contributed by atoms with Gasteiger partial charge in [-0.15, -0.1) is 0 Å². The summed E-state index contributed by atoms with van der Waals surface area (Å²) in [6.07, 6.45) is 0.248. The highest BCUT2D eigenvalue weighted by Crippen LogP contribution is 2.30. The molecule has 1 atom stereocenters.